The van der Waals surface area contributed by atoms with Crippen molar-refractivity contribution >= 4 is 56.5 Å². The van der Waals surface area contributed by atoms with E-state index in [9.17, 15) is 18.0 Å². The summed E-state index contributed by atoms with van der Waals surface area (Å²) in [5.74, 6) is -1.16. The number of aryl methyl sites for hydroxylation is 2. The zero-order valence-electron chi connectivity index (χ0n) is 18.6. The van der Waals surface area contributed by atoms with Gasteiger partial charge in [-0.15, -0.1) is 0 Å². The van der Waals surface area contributed by atoms with E-state index in [4.69, 9.17) is 27.9 Å². The Morgan fingerprint density at radius 3 is 2.24 bits per heavy atom. The third kappa shape index (κ3) is 5.88. The number of carbonyl (C=O) groups excluding carboxylic acids is 2. The van der Waals surface area contributed by atoms with E-state index >= 15 is 0 Å². The van der Waals surface area contributed by atoms with Crippen LogP contribution in [0.3, 0.4) is 0 Å². The molecule has 0 radical (unpaired) electrons. The normalized spacial score (nSPS) is 11.1. The molecule has 34 heavy (non-hydrogen) atoms. The molecule has 0 aliphatic rings. The van der Waals surface area contributed by atoms with E-state index in [0.29, 0.717) is 11.4 Å². The minimum absolute atomic E-state index is 0.0327. The molecule has 0 atom stereocenters. The van der Waals surface area contributed by atoms with E-state index in [1.165, 1.54) is 36.4 Å². The van der Waals surface area contributed by atoms with Gasteiger partial charge in [-0.05, 0) is 80.4 Å². The second-order valence-corrected chi connectivity index (χ2v) is 9.88. The second-order valence-electron chi connectivity index (χ2n) is 7.42. The fourth-order valence-corrected chi connectivity index (χ4v) is 4.87. The molecular formula is C24H22Cl2N2O5S. The maximum absolute atomic E-state index is 13.0. The molecule has 3 rings (SSSR count). The van der Waals surface area contributed by atoms with E-state index in [-0.39, 0.29) is 32.7 Å². The summed E-state index contributed by atoms with van der Waals surface area (Å²) in [4.78, 5) is 24.4. The molecule has 0 aliphatic carbocycles. The first-order chi connectivity index (χ1) is 16.0. The van der Waals surface area contributed by atoms with E-state index < -0.39 is 21.9 Å². The van der Waals surface area contributed by atoms with Gasteiger partial charge in [0.25, 0.3) is 15.9 Å². The molecule has 0 aromatic heterocycles. The highest BCUT2D eigenvalue weighted by Crippen LogP contribution is 2.27. The summed E-state index contributed by atoms with van der Waals surface area (Å²) in [5.41, 5.74) is 2.87. The van der Waals surface area contributed by atoms with Gasteiger partial charge in [0.05, 0.1) is 22.2 Å². The molecule has 0 aliphatic heterocycles. The molecule has 0 spiro atoms. The van der Waals surface area contributed by atoms with Crippen molar-refractivity contribution in [2.75, 3.05) is 16.6 Å². The van der Waals surface area contributed by atoms with Gasteiger partial charge in [-0.1, -0.05) is 29.3 Å². The largest absolute Gasteiger partial charge is 0.462 e. The summed E-state index contributed by atoms with van der Waals surface area (Å²) in [6.07, 6.45) is 0. The van der Waals surface area contributed by atoms with Gasteiger partial charge in [-0.2, -0.15) is 0 Å². The van der Waals surface area contributed by atoms with Gasteiger partial charge in [0.15, 0.2) is 0 Å². The number of benzene rings is 3. The maximum atomic E-state index is 13.0. The lowest BCUT2D eigenvalue weighted by Crippen LogP contribution is -2.16. The molecule has 0 heterocycles. The highest BCUT2D eigenvalue weighted by Gasteiger charge is 2.21. The molecule has 7 nitrogen and oxygen atoms in total. The van der Waals surface area contributed by atoms with Crippen LogP contribution in [0.1, 0.15) is 38.8 Å². The highest BCUT2D eigenvalue weighted by atomic mass is 35.5. The Morgan fingerprint density at radius 1 is 0.882 bits per heavy atom. The Kier molecular flexibility index (Phi) is 7.86. The standard InChI is InChI=1S/C24H22Cl2N2O5S/c1-4-33-24(30)19-9-8-17(13-21(19)26)27-23(29)16-6-10-20(25)22(12-16)34(31,32)28-18-7-5-14(2)15(3)11-18/h5-13,28H,4H2,1-3H3,(H,27,29). The van der Waals surface area contributed by atoms with Crippen LogP contribution in [0.25, 0.3) is 0 Å². The third-order valence-electron chi connectivity index (χ3n) is 4.96. The lowest BCUT2D eigenvalue weighted by Gasteiger charge is -2.13. The van der Waals surface area contributed by atoms with E-state index in [1.807, 2.05) is 13.8 Å². The predicted octanol–water partition coefficient (Wildman–Crippen LogP) is 5.84. The van der Waals surface area contributed by atoms with Crippen LogP contribution in [0, 0.1) is 13.8 Å². The zero-order valence-corrected chi connectivity index (χ0v) is 20.9. The van der Waals surface area contributed by atoms with Crippen molar-refractivity contribution in [3.05, 3.63) is 86.9 Å². The average Bonchev–Trinajstić information content (AvgIpc) is 2.76. The number of halogens is 2. The first-order valence-electron chi connectivity index (χ1n) is 10.2. The minimum atomic E-state index is -4.06. The van der Waals surface area contributed by atoms with Crippen molar-refractivity contribution in [2.24, 2.45) is 0 Å². The van der Waals surface area contributed by atoms with Crippen LogP contribution in [-0.2, 0) is 14.8 Å². The number of hydrogen-bond donors (Lipinski definition) is 2. The molecule has 3 aromatic rings. The van der Waals surface area contributed by atoms with Gasteiger partial charge in [0.1, 0.15) is 4.90 Å². The minimum Gasteiger partial charge on any atom is -0.462 e. The second kappa shape index (κ2) is 10.5. The zero-order chi connectivity index (χ0) is 25.0. The van der Waals surface area contributed by atoms with Crippen molar-refractivity contribution in [3.63, 3.8) is 0 Å². The molecule has 0 saturated carbocycles. The molecular weight excluding hydrogens is 499 g/mol. The monoisotopic (exact) mass is 520 g/mol. The number of amides is 1. The molecule has 0 fully saturated rings. The Labute approximate surface area is 208 Å². The van der Waals surface area contributed by atoms with Crippen molar-refractivity contribution < 1.29 is 22.7 Å². The molecule has 0 unspecified atom stereocenters. The molecule has 3 aromatic carbocycles. The van der Waals surface area contributed by atoms with Crippen molar-refractivity contribution in [3.8, 4) is 0 Å². The first-order valence-corrected chi connectivity index (χ1v) is 12.4. The highest BCUT2D eigenvalue weighted by molar-refractivity contribution is 7.92. The van der Waals surface area contributed by atoms with Crippen molar-refractivity contribution in [1.29, 1.82) is 0 Å². The van der Waals surface area contributed by atoms with Crippen molar-refractivity contribution in [2.45, 2.75) is 25.7 Å². The van der Waals surface area contributed by atoms with Crippen LogP contribution in [0.5, 0.6) is 0 Å². The number of nitrogens with one attached hydrogen (secondary N) is 2. The average molecular weight is 521 g/mol. The Balaban J connectivity index is 1.83. The van der Waals surface area contributed by atoms with Gasteiger partial charge < -0.3 is 10.1 Å². The Hall–Kier alpha value is -3.07. The lowest BCUT2D eigenvalue weighted by atomic mass is 10.1. The van der Waals surface area contributed by atoms with E-state index in [0.717, 1.165) is 11.1 Å². The van der Waals surface area contributed by atoms with Crippen LogP contribution in [-0.4, -0.2) is 26.9 Å². The van der Waals surface area contributed by atoms with E-state index in [1.54, 1.807) is 25.1 Å². The first kappa shape index (κ1) is 25.6. The number of anilines is 2. The van der Waals surface area contributed by atoms with Gasteiger partial charge in [-0.3, -0.25) is 9.52 Å². The summed E-state index contributed by atoms with van der Waals surface area (Å²) >= 11 is 12.3. The number of esters is 1. The Morgan fingerprint density at radius 2 is 1.59 bits per heavy atom. The third-order valence-corrected chi connectivity index (χ3v) is 7.14. The smallest absolute Gasteiger partial charge is 0.339 e. The number of ether oxygens (including phenoxy) is 1. The van der Waals surface area contributed by atoms with E-state index in [2.05, 4.69) is 10.0 Å². The van der Waals surface area contributed by atoms with Crippen LogP contribution in [0.2, 0.25) is 10.0 Å². The quantitative estimate of drug-likeness (QED) is 0.381. The number of sulfonamides is 1. The van der Waals surface area contributed by atoms with Gasteiger partial charge in [-0.25, -0.2) is 13.2 Å². The van der Waals surface area contributed by atoms with Gasteiger partial charge in [0.2, 0.25) is 0 Å². The number of carbonyl (C=O) groups is 2. The molecule has 0 saturated heterocycles. The van der Waals surface area contributed by atoms with Gasteiger partial charge >= 0.3 is 5.97 Å². The molecule has 2 N–H and O–H groups in total. The maximum Gasteiger partial charge on any atom is 0.339 e. The topological polar surface area (TPSA) is 102 Å². The van der Waals surface area contributed by atoms with Crippen molar-refractivity contribution in [1.82, 2.24) is 0 Å². The number of hydrogen-bond acceptors (Lipinski definition) is 5. The SMILES string of the molecule is CCOC(=O)c1ccc(NC(=O)c2ccc(Cl)c(S(=O)(=O)Nc3ccc(C)c(C)c3)c2)cc1Cl. The van der Waals surface area contributed by atoms with Gasteiger partial charge in [0, 0.05) is 16.9 Å². The lowest BCUT2D eigenvalue weighted by molar-refractivity contribution is 0.0526. The summed E-state index contributed by atoms with van der Waals surface area (Å²) in [7, 11) is -4.06. The molecule has 10 heteroatoms. The summed E-state index contributed by atoms with van der Waals surface area (Å²) in [6, 6.07) is 13.4. The molecule has 1 amide bonds. The predicted molar refractivity (Wildman–Crippen MR) is 134 cm³/mol. The Bertz CT molecular complexity index is 1370. The van der Waals surface area contributed by atoms with Crippen LogP contribution in [0.4, 0.5) is 11.4 Å². The summed E-state index contributed by atoms with van der Waals surface area (Å²) < 4.78 is 33.3. The number of rotatable bonds is 7. The van der Waals surface area contributed by atoms with Crippen LogP contribution in [0.15, 0.2) is 59.5 Å². The molecule has 178 valence electrons. The fraction of sp³-hybridized carbons (Fsp3) is 0.167. The van der Waals surface area contributed by atoms with Crippen LogP contribution < -0.4 is 10.0 Å². The van der Waals surface area contributed by atoms with Crippen LogP contribution >= 0.6 is 23.2 Å². The fourth-order valence-electron chi connectivity index (χ4n) is 3.04. The molecule has 0 bridgehead atoms. The summed E-state index contributed by atoms with van der Waals surface area (Å²) in [5, 5.41) is 2.70. The summed E-state index contributed by atoms with van der Waals surface area (Å²) in [6.45, 7) is 5.67.